The zero-order valence-electron chi connectivity index (χ0n) is 30.7. The molecule has 0 heterocycles. The summed E-state index contributed by atoms with van der Waals surface area (Å²) in [6.07, 6.45) is 45.6. The molecule has 268 valence electrons. The van der Waals surface area contributed by atoms with Gasteiger partial charge in [-0.1, -0.05) is 193 Å². The topological polar surface area (TPSA) is 69.6 Å². The lowest BCUT2D eigenvalue weighted by molar-refractivity contribution is -0.123. The highest BCUT2D eigenvalue weighted by molar-refractivity contribution is 5.76. The van der Waals surface area contributed by atoms with Gasteiger partial charge in [0, 0.05) is 6.42 Å². The molecule has 0 aromatic heterocycles. The van der Waals surface area contributed by atoms with E-state index in [4.69, 9.17) is 0 Å². The molecule has 0 radical (unpaired) electrons. The van der Waals surface area contributed by atoms with E-state index in [2.05, 4.69) is 31.3 Å². The number of unbranched alkanes of at least 4 members (excludes halogenated alkanes) is 28. The van der Waals surface area contributed by atoms with E-state index in [0.29, 0.717) is 12.8 Å². The molecule has 0 saturated heterocycles. The molecule has 0 unspecified atom stereocenters. The molecular formula is C41H81NO3. The van der Waals surface area contributed by atoms with Gasteiger partial charge in [-0.15, -0.1) is 0 Å². The Hall–Kier alpha value is -0.870. The molecule has 0 aliphatic carbocycles. The lowest BCUT2D eigenvalue weighted by Crippen LogP contribution is -2.45. The molecule has 2 atom stereocenters. The maximum absolute atomic E-state index is 12.4. The predicted octanol–water partition coefficient (Wildman–Crippen LogP) is 12.3. The third kappa shape index (κ3) is 34.3. The van der Waals surface area contributed by atoms with Crippen molar-refractivity contribution >= 4 is 5.91 Å². The Morgan fingerprint density at radius 1 is 0.511 bits per heavy atom. The molecule has 0 spiro atoms. The van der Waals surface area contributed by atoms with Crippen LogP contribution < -0.4 is 5.32 Å². The molecule has 0 aliphatic rings. The second-order valence-electron chi connectivity index (χ2n) is 14.1. The standard InChI is InChI=1S/C41H81NO3/c1-3-5-7-9-11-13-15-17-19-20-21-22-23-25-27-29-31-33-35-37-41(45)42-39(38-43)40(44)36-34-32-30-28-26-24-18-16-14-12-10-8-6-4-2/h26,28,39-40,43-44H,3-25,27,29-38H2,1-2H3,(H,42,45)/b28-26+/t39-,40+/m0/s1. The monoisotopic (exact) mass is 636 g/mol. The van der Waals surface area contributed by atoms with Crippen LogP contribution in [0.5, 0.6) is 0 Å². The number of hydrogen-bond donors (Lipinski definition) is 3. The minimum absolute atomic E-state index is 0.0380. The van der Waals surface area contributed by atoms with Gasteiger partial charge in [0.1, 0.15) is 0 Å². The second kappa shape index (κ2) is 37.6. The van der Waals surface area contributed by atoms with Crippen LogP contribution in [-0.2, 0) is 4.79 Å². The fourth-order valence-electron chi connectivity index (χ4n) is 6.36. The van der Waals surface area contributed by atoms with Gasteiger partial charge in [-0.25, -0.2) is 0 Å². The number of allylic oxidation sites excluding steroid dienone is 2. The van der Waals surface area contributed by atoms with Crippen molar-refractivity contribution in [3.8, 4) is 0 Å². The summed E-state index contributed by atoms with van der Waals surface area (Å²) in [7, 11) is 0. The number of carbonyl (C=O) groups excluding carboxylic acids is 1. The van der Waals surface area contributed by atoms with E-state index in [1.165, 1.54) is 167 Å². The van der Waals surface area contributed by atoms with Crippen LogP contribution in [0.2, 0.25) is 0 Å². The minimum atomic E-state index is -0.676. The third-order valence-electron chi connectivity index (χ3n) is 9.53. The molecule has 3 N–H and O–H groups in total. The number of carbonyl (C=O) groups is 1. The van der Waals surface area contributed by atoms with Crippen LogP contribution in [0.4, 0.5) is 0 Å². The van der Waals surface area contributed by atoms with Gasteiger partial charge < -0.3 is 15.5 Å². The summed E-state index contributed by atoms with van der Waals surface area (Å²) in [5.41, 5.74) is 0. The van der Waals surface area contributed by atoms with Crippen LogP contribution in [0.3, 0.4) is 0 Å². The second-order valence-corrected chi connectivity index (χ2v) is 14.1. The van der Waals surface area contributed by atoms with Crippen molar-refractivity contribution in [2.45, 2.75) is 238 Å². The molecule has 0 aromatic carbocycles. The van der Waals surface area contributed by atoms with Gasteiger partial charge in [0.15, 0.2) is 0 Å². The highest BCUT2D eigenvalue weighted by atomic mass is 16.3. The lowest BCUT2D eigenvalue weighted by atomic mass is 10.0. The van der Waals surface area contributed by atoms with Crippen LogP contribution in [0.25, 0.3) is 0 Å². The first kappa shape index (κ1) is 44.1. The maximum atomic E-state index is 12.4. The largest absolute Gasteiger partial charge is 0.394 e. The molecule has 4 heteroatoms. The van der Waals surface area contributed by atoms with Crippen LogP contribution in [0, 0.1) is 0 Å². The average Bonchev–Trinajstić information content (AvgIpc) is 3.04. The number of aliphatic hydroxyl groups is 2. The highest BCUT2D eigenvalue weighted by Gasteiger charge is 2.19. The van der Waals surface area contributed by atoms with Crippen LogP contribution in [0.1, 0.15) is 226 Å². The van der Waals surface area contributed by atoms with Gasteiger partial charge in [0.05, 0.1) is 18.8 Å². The van der Waals surface area contributed by atoms with Crippen molar-refractivity contribution in [1.29, 1.82) is 0 Å². The smallest absolute Gasteiger partial charge is 0.220 e. The maximum Gasteiger partial charge on any atom is 0.220 e. The number of hydrogen-bond acceptors (Lipinski definition) is 3. The van der Waals surface area contributed by atoms with Gasteiger partial charge in [-0.3, -0.25) is 4.79 Å². The summed E-state index contributed by atoms with van der Waals surface area (Å²) in [5.74, 6) is -0.0380. The van der Waals surface area contributed by atoms with Crippen molar-refractivity contribution in [2.24, 2.45) is 0 Å². The van der Waals surface area contributed by atoms with Crippen LogP contribution in [0.15, 0.2) is 12.2 Å². The molecule has 0 bridgehead atoms. The molecule has 0 fully saturated rings. The lowest BCUT2D eigenvalue weighted by Gasteiger charge is -2.22. The molecule has 1 amide bonds. The third-order valence-corrected chi connectivity index (χ3v) is 9.53. The first-order valence-corrected chi connectivity index (χ1v) is 20.4. The van der Waals surface area contributed by atoms with Gasteiger partial charge in [0.2, 0.25) is 5.91 Å². The van der Waals surface area contributed by atoms with Crippen LogP contribution in [-0.4, -0.2) is 34.9 Å². The molecule has 0 saturated carbocycles. The minimum Gasteiger partial charge on any atom is -0.394 e. The normalized spacial score (nSPS) is 13.1. The van der Waals surface area contributed by atoms with Gasteiger partial charge in [0.25, 0.3) is 0 Å². The van der Waals surface area contributed by atoms with Crippen molar-refractivity contribution < 1.29 is 15.0 Å². The quantitative estimate of drug-likeness (QED) is 0.0470. The van der Waals surface area contributed by atoms with Gasteiger partial charge in [-0.05, 0) is 38.5 Å². The molecular weight excluding hydrogens is 554 g/mol. The number of amides is 1. The fraction of sp³-hybridized carbons (Fsp3) is 0.927. The first-order valence-electron chi connectivity index (χ1n) is 20.4. The molecule has 45 heavy (non-hydrogen) atoms. The summed E-state index contributed by atoms with van der Waals surface area (Å²) in [6, 6.07) is -0.546. The molecule has 0 aromatic rings. The average molecular weight is 636 g/mol. The number of rotatable bonds is 37. The van der Waals surface area contributed by atoms with E-state index in [0.717, 1.165) is 32.1 Å². The van der Waals surface area contributed by atoms with Crippen molar-refractivity contribution in [3.05, 3.63) is 12.2 Å². The summed E-state index contributed by atoms with van der Waals surface area (Å²) >= 11 is 0. The van der Waals surface area contributed by atoms with E-state index in [1.807, 2.05) is 0 Å². The van der Waals surface area contributed by atoms with Crippen molar-refractivity contribution in [2.75, 3.05) is 6.61 Å². The Morgan fingerprint density at radius 3 is 1.22 bits per heavy atom. The zero-order chi connectivity index (χ0) is 32.9. The van der Waals surface area contributed by atoms with Crippen molar-refractivity contribution in [3.63, 3.8) is 0 Å². The highest BCUT2D eigenvalue weighted by Crippen LogP contribution is 2.15. The number of aliphatic hydroxyl groups excluding tert-OH is 2. The Balaban J connectivity index is 3.52. The Labute approximate surface area is 282 Å². The van der Waals surface area contributed by atoms with E-state index in [9.17, 15) is 15.0 Å². The Kier molecular flexibility index (Phi) is 36.9. The summed E-state index contributed by atoms with van der Waals surface area (Å²) in [6.45, 7) is 4.35. The zero-order valence-corrected chi connectivity index (χ0v) is 30.7. The predicted molar refractivity (Wildman–Crippen MR) is 198 cm³/mol. The molecule has 0 aliphatic heterocycles. The summed E-state index contributed by atoms with van der Waals surface area (Å²) < 4.78 is 0. The Bertz CT molecular complexity index is 608. The van der Waals surface area contributed by atoms with E-state index in [-0.39, 0.29) is 12.5 Å². The molecule has 0 rings (SSSR count). The van der Waals surface area contributed by atoms with Gasteiger partial charge >= 0.3 is 0 Å². The first-order chi connectivity index (χ1) is 22.2. The van der Waals surface area contributed by atoms with E-state index >= 15 is 0 Å². The SMILES string of the molecule is CCCCCCCCCC/C=C/CCCC[C@@H](O)[C@H](CO)NC(=O)CCCCCCCCCCCCCCCCCCCCC. The molecule has 4 nitrogen and oxygen atoms in total. The van der Waals surface area contributed by atoms with E-state index < -0.39 is 12.1 Å². The number of nitrogens with one attached hydrogen (secondary N) is 1. The summed E-state index contributed by atoms with van der Waals surface area (Å²) in [5, 5.41) is 23.1. The Morgan fingerprint density at radius 2 is 0.844 bits per heavy atom. The van der Waals surface area contributed by atoms with Crippen LogP contribution >= 0.6 is 0 Å². The van der Waals surface area contributed by atoms with Crippen molar-refractivity contribution in [1.82, 2.24) is 5.32 Å². The fourth-order valence-corrected chi connectivity index (χ4v) is 6.36. The van der Waals surface area contributed by atoms with E-state index in [1.54, 1.807) is 0 Å². The summed E-state index contributed by atoms with van der Waals surface area (Å²) in [4.78, 5) is 12.4. The van der Waals surface area contributed by atoms with Gasteiger partial charge in [-0.2, -0.15) is 0 Å².